The smallest absolute Gasteiger partial charge is 0.238 e. The van der Waals surface area contributed by atoms with Gasteiger partial charge in [-0.1, -0.05) is 5.16 Å². The molecule has 170 valence electrons. The van der Waals surface area contributed by atoms with Crippen molar-refractivity contribution in [1.29, 1.82) is 0 Å². The molecule has 0 atom stereocenters. The topological polar surface area (TPSA) is 92.7 Å². The van der Waals surface area contributed by atoms with Crippen molar-refractivity contribution < 1.29 is 18.5 Å². The number of aryl methyl sites for hydroxylation is 1. The number of piperazine rings is 1. The highest BCUT2D eigenvalue weighted by Crippen LogP contribution is 2.60. The number of furan rings is 1. The van der Waals surface area contributed by atoms with Gasteiger partial charge in [-0.3, -0.25) is 9.59 Å². The highest BCUT2D eigenvalue weighted by atomic mass is 16.5. The van der Waals surface area contributed by atoms with Crippen LogP contribution >= 0.6 is 0 Å². The van der Waals surface area contributed by atoms with Crippen molar-refractivity contribution in [1.82, 2.24) is 19.9 Å². The molecule has 0 aromatic carbocycles. The zero-order valence-corrected chi connectivity index (χ0v) is 18.4. The molecule has 2 aromatic rings. The van der Waals surface area contributed by atoms with E-state index < -0.39 is 0 Å². The molecule has 1 saturated heterocycles. The van der Waals surface area contributed by atoms with E-state index in [1.54, 1.807) is 18.4 Å². The standard InChI is InChI=1S/C24H30N4O4/c29-21(4-3-20-25-22(26-32-20)19-2-1-9-31-19)27-5-7-28(8-6-27)23(30)24-13-16-10-17(14-24)12-18(11-16)15-24/h1-2,9,16-18H,3-8,10-15H2. The second kappa shape index (κ2) is 7.74. The summed E-state index contributed by atoms with van der Waals surface area (Å²) in [4.78, 5) is 34.5. The van der Waals surface area contributed by atoms with Crippen LogP contribution in [0.5, 0.6) is 0 Å². The first kappa shape index (κ1) is 20.0. The first-order valence-electron chi connectivity index (χ1n) is 12.0. The van der Waals surface area contributed by atoms with E-state index in [1.807, 2.05) is 9.80 Å². The number of amides is 2. The fraction of sp³-hybridized carbons (Fsp3) is 0.667. The molecule has 5 fully saturated rings. The molecule has 3 heterocycles. The number of aromatic nitrogens is 2. The molecule has 4 bridgehead atoms. The van der Waals surface area contributed by atoms with Crippen molar-refractivity contribution in [2.75, 3.05) is 26.2 Å². The summed E-state index contributed by atoms with van der Waals surface area (Å²) in [5, 5.41) is 3.91. The summed E-state index contributed by atoms with van der Waals surface area (Å²) in [5.41, 5.74) is -0.0927. The maximum Gasteiger partial charge on any atom is 0.238 e. The Morgan fingerprint density at radius 2 is 1.66 bits per heavy atom. The minimum Gasteiger partial charge on any atom is -0.461 e. The average molecular weight is 439 g/mol. The Morgan fingerprint density at radius 1 is 1.00 bits per heavy atom. The Labute approximate surface area is 187 Å². The summed E-state index contributed by atoms with van der Waals surface area (Å²) >= 11 is 0. The van der Waals surface area contributed by atoms with Gasteiger partial charge < -0.3 is 18.7 Å². The van der Waals surface area contributed by atoms with Gasteiger partial charge in [0.05, 0.1) is 11.7 Å². The number of carbonyl (C=O) groups excluding carboxylic acids is 2. The van der Waals surface area contributed by atoms with Gasteiger partial charge >= 0.3 is 0 Å². The van der Waals surface area contributed by atoms with Gasteiger partial charge in [-0.05, 0) is 68.4 Å². The predicted octanol–water partition coefficient (Wildman–Crippen LogP) is 3.15. The van der Waals surface area contributed by atoms with Crippen molar-refractivity contribution >= 4 is 11.8 Å². The largest absolute Gasteiger partial charge is 0.461 e. The van der Waals surface area contributed by atoms with Gasteiger partial charge in [0, 0.05) is 39.0 Å². The van der Waals surface area contributed by atoms with Gasteiger partial charge in [-0.2, -0.15) is 4.98 Å². The highest BCUT2D eigenvalue weighted by Gasteiger charge is 2.55. The summed E-state index contributed by atoms with van der Waals surface area (Å²) in [5.74, 6) is 4.13. The van der Waals surface area contributed by atoms with E-state index in [0.717, 1.165) is 37.0 Å². The first-order chi connectivity index (χ1) is 15.6. The Hall–Kier alpha value is -2.64. The molecule has 0 unspecified atom stereocenters. The number of nitrogens with zero attached hydrogens (tertiary/aromatic N) is 4. The monoisotopic (exact) mass is 438 g/mol. The minimum atomic E-state index is -0.0927. The predicted molar refractivity (Wildman–Crippen MR) is 114 cm³/mol. The van der Waals surface area contributed by atoms with E-state index in [-0.39, 0.29) is 11.3 Å². The maximum absolute atomic E-state index is 13.5. The third kappa shape index (κ3) is 3.53. The summed E-state index contributed by atoms with van der Waals surface area (Å²) in [6.07, 6.45) is 9.61. The minimum absolute atomic E-state index is 0.0738. The van der Waals surface area contributed by atoms with Crippen LogP contribution in [0.4, 0.5) is 0 Å². The van der Waals surface area contributed by atoms with Gasteiger partial charge in [0.15, 0.2) is 5.76 Å². The van der Waals surface area contributed by atoms with Crippen molar-refractivity contribution in [3.8, 4) is 11.6 Å². The Kier molecular flexibility index (Phi) is 4.84. The molecule has 0 spiro atoms. The Bertz CT molecular complexity index is 954. The number of rotatable bonds is 5. The molecular formula is C24H30N4O4. The fourth-order valence-electron chi connectivity index (χ4n) is 7.10. The van der Waals surface area contributed by atoms with Crippen LogP contribution in [0.1, 0.15) is 50.8 Å². The molecule has 8 nitrogen and oxygen atoms in total. The Morgan fingerprint density at radius 3 is 2.28 bits per heavy atom. The fourth-order valence-corrected chi connectivity index (χ4v) is 7.10. The van der Waals surface area contributed by atoms with E-state index in [2.05, 4.69) is 10.1 Å². The van der Waals surface area contributed by atoms with E-state index in [9.17, 15) is 9.59 Å². The maximum atomic E-state index is 13.5. The zero-order chi connectivity index (χ0) is 21.7. The van der Waals surface area contributed by atoms with Crippen LogP contribution in [0.25, 0.3) is 11.6 Å². The quantitative estimate of drug-likeness (QED) is 0.712. The second-order valence-corrected chi connectivity index (χ2v) is 10.4. The first-order valence-corrected chi connectivity index (χ1v) is 12.0. The molecule has 0 radical (unpaired) electrons. The summed E-state index contributed by atoms with van der Waals surface area (Å²) < 4.78 is 10.5. The molecule has 4 saturated carbocycles. The lowest BCUT2D eigenvalue weighted by molar-refractivity contribution is -0.160. The van der Waals surface area contributed by atoms with E-state index in [1.165, 1.54) is 19.3 Å². The molecule has 5 aliphatic rings. The summed E-state index contributed by atoms with van der Waals surface area (Å²) in [7, 11) is 0. The number of hydrogen-bond donors (Lipinski definition) is 0. The SMILES string of the molecule is O=C(CCc1nc(-c2ccco2)no1)N1CCN(C(=O)C23CC4CC(CC(C4)C2)C3)CC1. The number of hydrogen-bond acceptors (Lipinski definition) is 6. The lowest BCUT2D eigenvalue weighted by Gasteiger charge is -2.57. The lowest BCUT2D eigenvalue weighted by Crippen LogP contribution is -2.58. The van der Waals surface area contributed by atoms with Crippen molar-refractivity contribution in [3.05, 3.63) is 24.3 Å². The van der Waals surface area contributed by atoms with E-state index in [0.29, 0.717) is 62.4 Å². The van der Waals surface area contributed by atoms with Crippen LogP contribution < -0.4 is 0 Å². The zero-order valence-electron chi connectivity index (χ0n) is 18.4. The summed E-state index contributed by atoms with van der Waals surface area (Å²) in [6.45, 7) is 2.52. The lowest BCUT2D eigenvalue weighted by atomic mass is 9.49. The van der Waals surface area contributed by atoms with E-state index >= 15 is 0 Å². The molecule has 0 N–H and O–H groups in total. The van der Waals surface area contributed by atoms with Crippen LogP contribution in [-0.4, -0.2) is 57.9 Å². The third-order valence-electron chi connectivity index (χ3n) is 8.17. The molecule has 4 aliphatic carbocycles. The molecule has 1 aliphatic heterocycles. The van der Waals surface area contributed by atoms with Crippen LogP contribution in [0, 0.1) is 23.2 Å². The van der Waals surface area contributed by atoms with E-state index in [4.69, 9.17) is 8.94 Å². The van der Waals surface area contributed by atoms with Gasteiger partial charge in [-0.15, -0.1) is 0 Å². The molecule has 32 heavy (non-hydrogen) atoms. The van der Waals surface area contributed by atoms with Crippen LogP contribution in [-0.2, 0) is 16.0 Å². The van der Waals surface area contributed by atoms with Gasteiger partial charge in [0.2, 0.25) is 23.5 Å². The van der Waals surface area contributed by atoms with Gasteiger partial charge in [0.25, 0.3) is 0 Å². The average Bonchev–Trinajstić information content (AvgIpc) is 3.48. The highest BCUT2D eigenvalue weighted by molar-refractivity contribution is 5.84. The molecule has 7 rings (SSSR count). The normalized spacial score (nSPS) is 31.3. The van der Waals surface area contributed by atoms with Crippen molar-refractivity contribution in [2.24, 2.45) is 23.2 Å². The number of carbonyl (C=O) groups is 2. The second-order valence-electron chi connectivity index (χ2n) is 10.4. The van der Waals surface area contributed by atoms with Gasteiger partial charge in [0.1, 0.15) is 0 Å². The Balaban J connectivity index is 1.01. The molecule has 2 amide bonds. The summed E-state index contributed by atoms with van der Waals surface area (Å²) in [6, 6.07) is 3.53. The van der Waals surface area contributed by atoms with Crippen LogP contribution in [0.15, 0.2) is 27.3 Å². The molecular weight excluding hydrogens is 408 g/mol. The van der Waals surface area contributed by atoms with Crippen LogP contribution in [0.3, 0.4) is 0 Å². The molecule has 8 heteroatoms. The molecule has 2 aromatic heterocycles. The van der Waals surface area contributed by atoms with Crippen molar-refractivity contribution in [2.45, 2.75) is 51.4 Å². The van der Waals surface area contributed by atoms with Gasteiger partial charge in [-0.25, -0.2) is 0 Å². The third-order valence-corrected chi connectivity index (χ3v) is 8.17. The van der Waals surface area contributed by atoms with Crippen molar-refractivity contribution in [3.63, 3.8) is 0 Å². The van der Waals surface area contributed by atoms with Crippen LogP contribution in [0.2, 0.25) is 0 Å².